The van der Waals surface area contributed by atoms with E-state index in [2.05, 4.69) is 18.7 Å². The second kappa shape index (κ2) is 6.33. The number of ether oxygens (including phenoxy) is 1. The summed E-state index contributed by atoms with van der Waals surface area (Å²) in [7, 11) is 0. The minimum atomic E-state index is 0.164. The lowest BCUT2D eigenvalue weighted by Gasteiger charge is -2.43. The van der Waals surface area contributed by atoms with Crippen molar-refractivity contribution in [1.29, 1.82) is 0 Å². The first-order chi connectivity index (χ1) is 8.61. The van der Waals surface area contributed by atoms with E-state index in [4.69, 9.17) is 10.5 Å². The highest BCUT2D eigenvalue weighted by Gasteiger charge is 2.34. The van der Waals surface area contributed by atoms with E-state index in [-0.39, 0.29) is 12.6 Å². The molecule has 0 aromatic rings. The third-order valence-corrected chi connectivity index (χ3v) is 4.74. The lowest BCUT2D eigenvalue weighted by molar-refractivity contribution is -0.0420. The molecule has 2 rings (SSSR count). The molecule has 2 fully saturated rings. The molecule has 106 valence electrons. The maximum Gasteiger partial charge on any atom is 0.0644 e. The van der Waals surface area contributed by atoms with Crippen LogP contribution in [0, 0.1) is 17.8 Å². The monoisotopic (exact) mass is 256 g/mol. The third kappa shape index (κ3) is 3.23. The van der Waals surface area contributed by atoms with Crippen molar-refractivity contribution in [3.8, 4) is 0 Å². The molecule has 1 saturated carbocycles. The minimum absolute atomic E-state index is 0.164. The predicted octanol–water partition coefficient (Wildman–Crippen LogP) is 0.689. The second-order valence-electron chi connectivity index (χ2n) is 6.29. The Balaban J connectivity index is 1.94. The third-order valence-electron chi connectivity index (χ3n) is 4.74. The van der Waals surface area contributed by atoms with Crippen LogP contribution in [0.15, 0.2) is 0 Å². The molecule has 0 radical (unpaired) electrons. The topological polar surface area (TPSA) is 58.7 Å². The summed E-state index contributed by atoms with van der Waals surface area (Å²) in [6, 6.07) is 0.475. The van der Waals surface area contributed by atoms with Crippen LogP contribution in [-0.4, -0.2) is 55.0 Å². The van der Waals surface area contributed by atoms with Crippen molar-refractivity contribution in [1.82, 2.24) is 4.90 Å². The van der Waals surface area contributed by atoms with Crippen LogP contribution in [-0.2, 0) is 4.74 Å². The molecule has 0 aromatic heterocycles. The van der Waals surface area contributed by atoms with Crippen LogP contribution in [0.4, 0.5) is 0 Å². The zero-order chi connectivity index (χ0) is 13.1. The Kier molecular flexibility index (Phi) is 5.01. The van der Waals surface area contributed by atoms with E-state index >= 15 is 0 Å². The maximum atomic E-state index is 9.41. The Morgan fingerprint density at radius 2 is 2.11 bits per heavy atom. The highest BCUT2D eigenvalue weighted by Crippen LogP contribution is 2.33. The highest BCUT2D eigenvalue weighted by molar-refractivity contribution is 4.89. The molecule has 1 saturated heterocycles. The van der Waals surface area contributed by atoms with Gasteiger partial charge in [-0.2, -0.15) is 0 Å². The minimum Gasteiger partial charge on any atom is -0.395 e. The van der Waals surface area contributed by atoms with Crippen LogP contribution in [0.3, 0.4) is 0 Å². The molecule has 3 N–H and O–H groups in total. The number of aliphatic hydroxyl groups is 1. The SMILES string of the molecule is CC1CC(C)C(CN2CCOCC2CO)C(N)C1. The van der Waals surface area contributed by atoms with Crippen LogP contribution in [0.25, 0.3) is 0 Å². The van der Waals surface area contributed by atoms with Crippen LogP contribution >= 0.6 is 0 Å². The first-order valence-electron chi connectivity index (χ1n) is 7.30. The summed E-state index contributed by atoms with van der Waals surface area (Å²) in [5.41, 5.74) is 6.34. The van der Waals surface area contributed by atoms with E-state index in [1.54, 1.807) is 0 Å². The molecule has 1 heterocycles. The Labute approximate surface area is 110 Å². The van der Waals surface area contributed by atoms with Gasteiger partial charge in [-0.25, -0.2) is 0 Å². The summed E-state index contributed by atoms with van der Waals surface area (Å²) in [6.07, 6.45) is 2.43. The molecule has 0 spiro atoms. The molecule has 1 aliphatic carbocycles. The van der Waals surface area contributed by atoms with Crippen molar-refractivity contribution in [3.63, 3.8) is 0 Å². The fourth-order valence-electron chi connectivity index (χ4n) is 3.65. The lowest BCUT2D eigenvalue weighted by atomic mass is 9.72. The van der Waals surface area contributed by atoms with E-state index in [1.165, 1.54) is 6.42 Å². The molecule has 2 aliphatic rings. The van der Waals surface area contributed by atoms with Gasteiger partial charge in [0.15, 0.2) is 0 Å². The van der Waals surface area contributed by atoms with Crippen molar-refractivity contribution >= 4 is 0 Å². The maximum absolute atomic E-state index is 9.41. The van der Waals surface area contributed by atoms with Crippen LogP contribution in [0.2, 0.25) is 0 Å². The molecule has 0 amide bonds. The molecule has 5 atom stereocenters. The van der Waals surface area contributed by atoms with Gasteiger partial charge in [0.05, 0.1) is 25.9 Å². The first kappa shape index (κ1) is 14.3. The van der Waals surface area contributed by atoms with Gasteiger partial charge in [-0.1, -0.05) is 13.8 Å². The standard InChI is InChI=1S/C14H28N2O2/c1-10-5-11(2)13(14(15)6-10)7-16-3-4-18-9-12(16)8-17/h10-14,17H,3-9,15H2,1-2H3. The first-order valence-corrected chi connectivity index (χ1v) is 7.30. The Morgan fingerprint density at radius 3 is 2.78 bits per heavy atom. The number of hydrogen-bond donors (Lipinski definition) is 2. The summed E-state index contributed by atoms with van der Waals surface area (Å²) < 4.78 is 5.43. The molecular weight excluding hydrogens is 228 g/mol. The second-order valence-corrected chi connectivity index (χ2v) is 6.29. The molecule has 0 bridgehead atoms. The number of rotatable bonds is 3. The highest BCUT2D eigenvalue weighted by atomic mass is 16.5. The van der Waals surface area contributed by atoms with Crippen LogP contribution in [0.1, 0.15) is 26.7 Å². The molecule has 4 heteroatoms. The summed E-state index contributed by atoms with van der Waals surface area (Å²) in [5.74, 6) is 2.00. The fourth-order valence-corrected chi connectivity index (χ4v) is 3.65. The number of morpholine rings is 1. The number of nitrogens with two attached hydrogens (primary N) is 1. The van der Waals surface area contributed by atoms with E-state index < -0.39 is 0 Å². The quantitative estimate of drug-likeness (QED) is 0.780. The van der Waals surface area contributed by atoms with Crippen molar-refractivity contribution in [2.24, 2.45) is 23.5 Å². The summed E-state index contributed by atoms with van der Waals surface area (Å²) >= 11 is 0. The summed E-state index contributed by atoms with van der Waals surface area (Å²) in [5, 5.41) is 9.41. The Bertz CT molecular complexity index is 250. The normalized spacial score (nSPS) is 43.0. The van der Waals surface area contributed by atoms with Gasteiger partial charge in [0.1, 0.15) is 0 Å². The van der Waals surface area contributed by atoms with E-state index in [0.717, 1.165) is 32.0 Å². The lowest BCUT2D eigenvalue weighted by Crippen LogP contribution is -2.53. The predicted molar refractivity (Wildman–Crippen MR) is 72.3 cm³/mol. The average molecular weight is 256 g/mol. The van der Waals surface area contributed by atoms with Gasteiger partial charge in [-0.05, 0) is 30.6 Å². The molecular formula is C14H28N2O2. The largest absolute Gasteiger partial charge is 0.395 e. The number of aliphatic hydroxyl groups excluding tert-OH is 1. The molecule has 5 unspecified atom stereocenters. The smallest absolute Gasteiger partial charge is 0.0644 e. The average Bonchev–Trinajstić information content (AvgIpc) is 2.34. The van der Waals surface area contributed by atoms with Gasteiger partial charge < -0.3 is 15.6 Å². The van der Waals surface area contributed by atoms with Crippen LogP contribution in [0.5, 0.6) is 0 Å². The van der Waals surface area contributed by atoms with E-state index in [9.17, 15) is 5.11 Å². The Hall–Kier alpha value is -0.160. The molecule has 0 aromatic carbocycles. The molecule has 1 aliphatic heterocycles. The fraction of sp³-hybridized carbons (Fsp3) is 1.00. The zero-order valence-corrected chi connectivity index (χ0v) is 11.7. The zero-order valence-electron chi connectivity index (χ0n) is 11.7. The van der Waals surface area contributed by atoms with Crippen molar-refractivity contribution < 1.29 is 9.84 Å². The number of nitrogens with zero attached hydrogens (tertiary/aromatic N) is 1. The van der Waals surface area contributed by atoms with E-state index in [1.807, 2.05) is 0 Å². The van der Waals surface area contributed by atoms with Crippen molar-refractivity contribution in [2.45, 2.75) is 38.8 Å². The van der Waals surface area contributed by atoms with Gasteiger partial charge in [0, 0.05) is 19.1 Å². The van der Waals surface area contributed by atoms with E-state index in [0.29, 0.717) is 24.5 Å². The van der Waals surface area contributed by atoms with Crippen molar-refractivity contribution in [2.75, 3.05) is 32.9 Å². The number of hydrogen-bond acceptors (Lipinski definition) is 4. The van der Waals surface area contributed by atoms with Crippen LogP contribution < -0.4 is 5.73 Å². The Morgan fingerprint density at radius 1 is 1.33 bits per heavy atom. The molecule has 4 nitrogen and oxygen atoms in total. The van der Waals surface area contributed by atoms with Gasteiger partial charge in [0.2, 0.25) is 0 Å². The van der Waals surface area contributed by atoms with Gasteiger partial charge in [-0.15, -0.1) is 0 Å². The van der Waals surface area contributed by atoms with Gasteiger partial charge in [0.25, 0.3) is 0 Å². The van der Waals surface area contributed by atoms with Crippen molar-refractivity contribution in [3.05, 3.63) is 0 Å². The summed E-state index contributed by atoms with van der Waals surface area (Å²) in [6.45, 7) is 8.20. The van der Waals surface area contributed by atoms with Gasteiger partial charge in [-0.3, -0.25) is 4.90 Å². The van der Waals surface area contributed by atoms with Gasteiger partial charge >= 0.3 is 0 Å². The molecule has 18 heavy (non-hydrogen) atoms. The summed E-state index contributed by atoms with van der Waals surface area (Å²) in [4.78, 5) is 2.38.